The lowest BCUT2D eigenvalue weighted by Crippen LogP contribution is -2.52. The van der Waals surface area contributed by atoms with E-state index in [1.165, 1.54) is 0 Å². The monoisotopic (exact) mass is 248 g/mol. The van der Waals surface area contributed by atoms with Crippen LogP contribution in [0.4, 0.5) is 0 Å². The van der Waals surface area contributed by atoms with Crippen LogP contribution < -0.4 is 11.1 Å². The first-order valence-electron chi connectivity index (χ1n) is 6.53. The number of amides is 1. The van der Waals surface area contributed by atoms with Crippen LogP contribution >= 0.6 is 0 Å². The average Bonchev–Trinajstić information content (AvgIpc) is 2.36. The van der Waals surface area contributed by atoms with Gasteiger partial charge >= 0.3 is 0 Å². The highest BCUT2D eigenvalue weighted by Crippen LogP contribution is 2.22. The second-order valence-electron chi connectivity index (χ2n) is 5.38. The number of carbonyl (C=O) groups excluding carboxylic acids is 1. The van der Waals surface area contributed by atoms with Crippen molar-refractivity contribution in [2.75, 3.05) is 0 Å². The Bertz CT molecular complexity index is 385. The van der Waals surface area contributed by atoms with Gasteiger partial charge in [0, 0.05) is 0 Å². The van der Waals surface area contributed by atoms with Crippen LogP contribution in [-0.4, -0.2) is 11.4 Å². The molecule has 0 bridgehead atoms. The van der Waals surface area contributed by atoms with Gasteiger partial charge in [-0.2, -0.15) is 0 Å². The smallest absolute Gasteiger partial charge is 0.240 e. The van der Waals surface area contributed by atoms with Crippen LogP contribution in [0.25, 0.3) is 0 Å². The second-order valence-corrected chi connectivity index (χ2v) is 5.38. The fraction of sp³-hybridized carbons (Fsp3) is 0.533. The van der Waals surface area contributed by atoms with Crippen LogP contribution in [0.5, 0.6) is 0 Å². The number of carbonyl (C=O) groups is 1. The van der Waals surface area contributed by atoms with Crippen molar-refractivity contribution in [1.82, 2.24) is 5.32 Å². The molecule has 3 N–H and O–H groups in total. The summed E-state index contributed by atoms with van der Waals surface area (Å²) in [4.78, 5) is 12.1. The molecule has 0 aromatic heterocycles. The predicted molar refractivity (Wildman–Crippen MR) is 75.0 cm³/mol. The van der Waals surface area contributed by atoms with Crippen molar-refractivity contribution in [2.24, 2.45) is 11.7 Å². The van der Waals surface area contributed by atoms with Gasteiger partial charge in [0.1, 0.15) is 0 Å². The van der Waals surface area contributed by atoms with E-state index in [4.69, 9.17) is 5.73 Å². The van der Waals surface area contributed by atoms with Crippen molar-refractivity contribution in [3.8, 4) is 0 Å². The van der Waals surface area contributed by atoms with Crippen LogP contribution in [0.15, 0.2) is 30.3 Å². The number of hydrogen-bond acceptors (Lipinski definition) is 2. The molecule has 18 heavy (non-hydrogen) atoms. The van der Waals surface area contributed by atoms with E-state index >= 15 is 0 Å². The fourth-order valence-corrected chi connectivity index (χ4v) is 1.76. The van der Waals surface area contributed by atoms with Gasteiger partial charge in [-0.25, -0.2) is 0 Å². The van der Waals surface area contributed by atoms with E-state index in [-0.39, 0.29) is 11.9 Å². The van der Waals surface area contributed by atoms with E-state index in [9.17, 15) is 4.79 Å². The van der Waals surface area contributed by atoms with Gasteiger partial charge < -0.3 is 11.1 Å². The summed E-state index contributed by atoms with van der Waals surface area (Å²) in [6.07, 6.45) is 0.623. The van der Waals surface area contributed by atoms with E-state index in [0.717, 1.165) is 5.56 Å². The van der Waals surface area contributed by atoms with Crippen LogP contribution in [0.1, 0.15) is 45.7 Å². The molecule has 3 heteroatoms. The molecule has 0 aliphatic heterocycles. The first-order valence-corrected chi connectivity index (χ1v) is 6.53. The molecule has 1 aromatic rings. The zero-order valence-corrected chi connectivity index (χ0v) is 11.7. The fourth-order valence-electron chi connectivity index (χ4n) is 1.76. The lowest BCUT2D eigenvalue weighted by Gasteiger charge is -2.28. The molecule has 2 atom stereocenters. The Labute approximate surface area is 110 Å². The van der Waals surface area contributed by atoms with E-state index in [2.05, 4.69) is 19.2 Å². The third kappa shape index (κ3) is 3.57. The Kier molecular flexibility index (Phi) is 4.91. The van der Waals surface area contributed by atoms with Gasteiger partial charge in [-0.15, -0.1) is 0 Å². The summed E-state index contributed by atoms with van der Waals surface area (Å²) in [7, 11) is 0. The maximum absolute atomic E-state index is 12.1. The molecule has 1 rings (SSSR count). The lowest BCUT2D eigenvalue weighted by atomic mass is 9.93. The van der Waals surface area contributed by atoms with Crippen LogP contribution in [0, 0.1) is 5.92 Å². The SMILES string of the molecule is CCC(C)(N)C(=O)NC(c1ccccc1)C(C)C. The number of nitrogens with one attached hydrogen (secondary N) is 1. The molecule has 0 saturated carbocycles. The molecule has 0 radical (unpaired) electrons. The first-order chi connectivity index (χ1) is 8.38. The Morgan fingerprint density at radius 1 is 1.33 bits per heavy atom. The topological polar surface area (TPSA) is 55.1 Å². The highest BCUT2D eigenvalue weighted by Gasteiger charge is 2.29. The summed E-state index contributed by atoms with van der Waals surface area (Å²) < 4.78 is 0. The van der Waals surface area contributed by atoms with Gasteiger partial charge in [-0.1, -0.05) is 51.1 Å². The third-order valence-corrected chi connectivity index (χ3v) is 3.37. The maximum Gasteiger partial charge on any atom is 0.240 e. The molecule has 100 valence electrons. The maximum atomic E-state index is 12.1. The van der Waals surface area contributed by atoms with E-state index in [0.29, 0.717) is 12.3 Å². The average molecular weight is 248 g/mol. The molecular formula is C15H24N2O. The highest BCUT2D eigenvalue weighted by atomic mass is 16.2. The largest absolute Gasteiger partial charge is 0.347 e. The standard InChI is InChI=1S/C15H24N2O/c1-5-15(4,16)14(18)17-13(11(2)3)12-9-7-6-8-10-12/h6-11,13H,5,16H2,1-4H3,(H,17,18). The Balaban J connectivity index is 2.86. The van der Waals surface area contributed by atoms with E-state index in [1.807, 2.05) is 37.3 Å². The van der Waals surface area contributed by atoms with Crippen molar-refractivity contribution in [1.29, 1.82) is 0 Å². The number of rotatable bonds is 5. The highest BCUT2D eigenvalue weighted by molar-refractivity contribution is 5.85. The Hall–Kier alpha value is -1.35. The Morgan fingerprint density at radius 2 is 1.89 bits per heavy atom. The summed E-state index contributed by atoms with van der Waals surface area (Å²) in [5.74, 6) is 0.233. The summed E-state index contributed by atoms with van der Waals surface area (Å²) in [5.41, 5.74) is 6.29. The van der Waals surface area contributed by atoms with Crippen LogP contribution in [0.2, 0.25) is 0 Å². The zero-order chi connectivity index (χ0) is 13.8. The second kappa shape index (κ2) is 6.01. The van der Waals surface area contributed by atoms with Crippen molar-refractivity contribution in [3.05, 3.63) is 35.9 Å². The van der Waals surface area contributed by atoms with Crippen molar-refractivity contribution in [2.45, 2.75) is 45.7 Å². The molecule has 2 unspecified atom stereocenters. The van der Waals surface area contributed by atoms with Gasteiger partial charge in [-0.3, -0.25) is 4.79 Å². The molecule has 1 aromatic carbocycles. The van der Waals surface area contributed by atoms with E-state index in [1.54, 1.807) is 6.92 Å². The number of benzene rings is 1. The normalized spacial score (nSPS) is 16.1. The van der Waals surface area contributed by atoms with E-state index < -0.39 is 5.54 Å². The molecular weight excluding hydrogens is 224 g/mol. The van der Waals surface area contributed by atoms with Gasteiger partial charge in [0.2, 0.25) is 5.91 Å². The molecule has 0 aliphatic rings. The molecule has 0 spiro atoms. The summed E-state index contributed by atoms with van der Waals surface area (Å²) in [6, 6.07) is 10.0. The first kappa shape index (κ1) is 14.7. The predicted octanol–water partition coefficient (Wildman–Crippen LogP) is 2.63. The van der Waals surface area contributed by atoms with Gasteiger partial charge in [0.25, 0.3) is 0 Å². The molecule has 0 saturated heterocycles. The zero-order valence-electron chi connectivity index (χ0n) is 11.7. The number of hydrogen-bond donors (Lipinski definition) is 2. The third-order valence-electron chi connectivity index (χ3n) is 3.37. The van der Waals surface area contributed by atoms with Crippen LogP contribution in [0.3, 0.4) is 0 Å². The molecule has 0 aliphatic carbocycles. The van der Waals surface area contributed by atoms with Gasteiger partial charge in [0.05, 0.1) is 11.6 Å². The Morgan fingerprint density at radius 3 is 2.33 bits per heavy atom. The molecule has 0 heterocycles. The minimum absolute atomic E-state index is 0.00752. The molecule has 1 amide bonds. The quantitative estimate of drug-likeness (QED) is 0.841. The van der Waals surface area contributed by atoms with Crippen molar-refractivity contribution in [3.63, 3.8) is 0 Å². The molecule has 0 fully saturated rings. The summed E-state index contributed by atoms with van der Waals surface area (Å²) >= 11 is 0. The van der Waals surface area contributed by atoms with Crippen molar-refractivity contribution < 1.29 is 4.79 Å². The number of nitrogens with two attached hydrogens (primary N) is 1. The minimum Gasteiger partial charge on any atom is -0.347 e. The summed E-state index contributed by atoms with van der Waals surface area (Å²) in [6.45, 7) is 7.88. The molecule has 3 nitrogen and oxygen atoms in total. The lowest BCUT2D eigenvalue weighted by molar-refractivity contribution is -0.127. The van der Waals surface area contributed by atoms with Crippen molar-refractivity contribution >= 4 is 5.91 Å². The minimum atomic E-state index is -0.804. The van der Waals surface area contributed by atoms with Crippen LogP contribution in [-0.2, 0) is 4.79 Å². The van der Waals surface area contributed by atoms with Gasteiger partial charge in [-0.05, 0) is 24.8 Å². The summed E-state index contributed by atoms with van der Waals surface area (Å²) in [5, 5.41) is 3.06. The van der Waals surface area contributed by atoms with Gasteiger partial charge in [0.15, 0.2) is 0 Å².